The van der Waals surface area contributed by atoms with Crippen LogP contribution in [0.3, 0.4) is 0 Å². The molecule has 3 N–H and O–H groups in total. The maximum atomic E-state index is 5.72. The van der Waals surface area contributed by atoms with Gasteiger partial charge in [-0.25, -0.2) is 4.99 Å². The van der Waals surface area contributed by atoms with E-state index in [2.05, 4.69) is 15.3 Å². The second-order valence-electron chi connectivity index (χ2n) is 4.08. The molecule has 0 bridgehead atoms. The largest absolute Gasteiger partial charge is 0.370 e. The molecule has 1 aliphatic heterocycles. The van der Waals surface area contributed by atoms with Gasteiger partial charge in [0.05, 0.1) is 5.54 Å². The first-order valence-corrected chi connectivity index (χ1v) is 4.82. The zero-order valence-corrected chi connectivity index (χ0v) is 8.86. The normalized spacial score (nSPS) is 18.8. The van der Waals surface area contributed by atoms with E-state index in [4.69, 9.17) is 5.73 Å². The summed E-state index contributed by atoms with van der Waals surface area (Å²) in [7, 11) is 0. The van der Waals surface area contributed by atoms with E-state index in [0.717, 1.165) is 11.3 Å². The van der Waals surface area contributed by atoms with Gasteiger partial charge in [-0.05, 0) is 32.1 Å². The molecule has 15 heavy (non-hydrogen) atoms. The standard InChI is InChI=1S/C11H14N4/c1-11(2)6-9(14-10(12)15-11)8-4-3-5-13-7-8/h3-7H,1-2H3,(H3,12,14,15). The molecule has 0 radical (unpaired) electrons. The van der Waals surface area contributed by atoms with Crippen molar-refractivity contribution in [2.45, 2.75) is 19.4 Å². The molecular formula is C11H14N4. The molecule has 2 heterocycles. The number of rotatable bonds is 1. The predicted octanol–water partition coefficient (Wildman–Crippen LogP) is 1.12. The molecule has 78 valence electrons. The van der Waals surface area contributed by atoms with Crippen molar-refractivity contribution in [2.75, 3.05) is 0 Å². The lowest BCUT2D eigenvalue weighted by Crippen LogP contribution is -2.38. The fraction of sp³-hybridized carbons (Fsp3) is 0.273. The fourth-order valence-corrected chi connectivity index (χ4v) is 1.58. The average Bonchev–Trinajstić information content (AvgIpc) is 2.16. The van der Waals surface area contributed by atoms with Gasteiger partial charge in [0, 0.05) is 23.7 Å². The van der Waals surface area contributed by atoms with Crippen LogP contribution in [0.5, 0.6) is 0 Å². The third kappa shape index (κ3) is 2.15. The lowest BCUT2D eigenvalue weighted by molar-refractivity contribution is 0.643. The molecule has 0 saturated heterocycles. The summed E-state index contributed by atoms with van der Waals surface area (Å²) in [5.74, 6) is 0.446. The van der Waals surface area contributed by atoms with E-state index in [1.54, 1.807) is 12.4 Å². The van der Waals surface area contributed by atoms with Gasteiger partial charge in [-0.1, -0.05) is 0 Å². The predicted molar refractivity (Wildman–Crippen MR) is 61.1 cm³/mol. The van der Waals surface area contributed by atoms with Gasteiger partial charge in [0.15, 0.2) is 5.96 Å². The molecule has 1 aromatic rings. The highest BCUT2D eigenvalue weighted by Crippen LogP contribution is 2.21. The molecule has 0 aromatic carbocycles. The van der Waals surface area contributed by atoms with Gasteiger partial charge in [0.1, 0.15) is 0 Å². The Morgan fingerprint density at radius 1 is 1.40 bits per heavy atom. The Morgan fingerprint density at radius 3 is 2.80 bits per heavy atom. The molecule has 4 nitrogen and oxygen atoms in total. The number of guanidine groups is 1. The van der Waals surface area contributed by atoms with Gasteiger partial charge in [0.25, 0.3) is 0 Å². The topological polar surface area (TPSA) is 63.3 Å². The Labute approximate surface area is 88.9 Å². The number of nitrogens with two attached hydrogens (primary N) is 1. The summed E-state index contributed by atoms with van der Waals surface area (Å²) in [4.78, 5) is 8.35. The van der Waals surface area contributed by atoms with Crippen LogP contribution in [0.2, 0.25) is 0 Å². The van der Waals surface area contributed by atoms with Crippen LogP contribution in [-0.4, -0.2) is 16.5 Å². The van der Waals surface area contributed by atoms with Gasteiger partial charge in [-0.2, -0.15) is 0 Å². The van der Waals surface area contributed by atoms with Crippen molar-refractivity contribution in [3.63, 3.8) is 0 Å². The fourth-order valence-electron chi connectivity index (χ4n) is 1.58. The molecule has 2 rings (SSSR count). The minimum absolute atomic E-state index is 0.263. The van der Waals surface area contributed by atoms with Crippen LogP contribution in [0.15, 0.2) is 35.6 Å². The average molecular weight is 202 g/mol. The van der Waals surface area contributed by atoms with E-state index >= 15 is 0 Å². The van der Waals surface area contributed by atoms with Crippen LogP contribution in [-0.2, 0) is 0 Å². The van der Waals surface area contributed by atoms with Gasteiger partial charge in [-0.15, -0.1) is 0 Å². The Bertz CT molecular complexity index is 417. The van der Waals surface area contributed by atoms with Crippen LogP contribution in [0, 0.1) is 0 Å². The zero-order chi connectivity index (χ0) is 10.9. The van der Waals surface area contributed by atoms with Crippen molar-refractivity contribution < 1.29 is 0 Å². The molecule has 0 aliphatic carbocycles. The van der Waals surface area contributed by atoms with Crippen molar-refractivity contribution in [3.8, 4) is 0 Å². The molecule has 0 atom stereocenters. The Balaban J connectivity index is 2.37. The molecule has 1 aromatic heterocycles. The third-order valence-electron chi connectivity index (χ3n) is 2.14. The third-order valence-corrected chi connectivity index (χ3v) is 2.14. The van der Waals surface area contributed by atoms with E-state index in [9.17, 15) is 0 Å². The van der Waals surface area contributed by atoms with Crippen LogP contribution in [0.25, 0.3) is 5.70 Å². The highest BCUT2D eigenvalue weighted by Gasteiger charge is 2.20. The number of hydrogen-bond donors (Lipinski definition) is 2. The van der Waals surface area contributed by atoms with Crippen molar-refractivity contribution >= 4 is 11.7 Å². The van der Waals surface area contributed by atoms with Crippen molar-refractivity contribution in [1.82, 2.24) is 10.3 Å². The van der Waals surface area contributed by atoms with Gasteiger partial charge in [0.2, 0.25) is 0 Å². The summed E-state index contributed by atoms with van der Waals surface area (Å²) in [6.45, 7) is 4.02. The van der Waals surface area contributed by atoms with E-state index in [-0.39, 0.29) is 5.54 Å². The first-order valence-electron chi connectivity index (χ1n) is 4.82. The van der Waals surface area contributed by atoms with Crippen molar-refractivity contribution in [2.24, 2.45) is 10.7 Å². The van der Waals surface area contributed by atoms with Crippen molar-refractivity contribution in [3.05, 3.63) is 36.2 Å². The number of nitrogens with one attached hydrogen (secondary N) is 1. The van der Waals surface area contributed by atoms with Gasteiger partial charge >= 0.3 is 0 Å². The summed E-state index contributed by atoms with van der Waals surface area (Å²) in [5, 5.41) is 3.04. The van der Waals surface area contributed by atoms with E-state index < -0.39 is 0 Å². The molecule has 1 aliphatic rings. The van der Waals surface area contributed by atoms with E-state index in [1.807, 2.05) is 32.1 Å². The highest BCUT2D eigenvalue weighted by atomic mass is 15.1. The lowest BCUT2D eigenvalue weighted by atomic mass is 10.0. The SMILES string of the molecule is CC1(C)C=C(c2cccnc2)NC(N)=N1. The summed E-state index contributed by atoms with van der Waals surface area (Å²) in [6.07, 6.45) is 5.59. The second-order valence-corrected chi connectivity index (χ2v) is 4.08. The Morgan fingerprint density at radius 2 is 2.20 bits per heavy atom. The maximum Gasteiger partial charge on any atom is 0.193 e. The monoisotopic (exact) mass is 202 g/mol. The van der Waals surface area contributed by atoms with E-state index in [0.29, 0.717) is 5.96 Å². The quantitative estimate of drug-likeness (QED) is 0.717. The van der Waals surface area contributed by atoms with Gasteiger partial charge < -0.3 is 11.1 Å². The molecule has 0 fully saturated rings. The first kappa shape index (κ1) is 9.71. The summed E-state index contributed by atoms with van der Waals surface area (Å²) >= 11 is 0. The second kappa shape index (κ2) is 3.38. The number of nitrogens with zero attached hydrogens (tertiary/aromatic N) is 2. The lowest BCUT2D eigenvalue weighted by Gasteiger charge is -2.24. The molecule has 0 unspecified atom stereocenters. The Hall–Kier alpha value is -1.84. The molecule has 0 amide bonds. The first-order chi connectivity index (χ1) is 7.07. The smallest absolute Gasteiger partial charge is 0.193 e. The maximum absolute atomic E-state index is 5.72. The number of hydrogen-bond acceptors (Lipinski definition) is 4. The van der Waals surface area contributed by atoms with Crippen LogP contribution in [0.1, 0.15) is 19.4 Å². The van der Waals surface area contributed by atoms with Crippen molar-refractivity contribution in [1.29, 1.82) is 0 Å². The minimum atomic E-state index is -0.263. The molecular weight excluding hydrogens is 188 g/mol. The summed E-state index contributed by atoms with van der Waals surface area (Å²) < 4.78 is 0. The van der Waals surface area contributed by atoms with Gasteiger partial charge in [-0.3, -0.25) is 4.98 Å². The Kier molecular flexibility index (Phi) is 2.19. The summed E-state index contributed by atoms with van der Waals surface area (Å²) in [6, 6.07) is 3.88. The van der Waals surface area contributed by atoms with Crippen LogP contribution >= 0.6 is 0 Å². The van der Waals surface area contributed by atoms with Crippen LogP contribution < -0.4 is 11.1 Å². The number of aromatic nitrogens is 1. The molecule has 4 heteroatoms. The zero-order valence-electron chi connectivity index (χ0n) is 8.86. The van der Waals surface area contributed by atoms with Crippen LogP contribution in [0.4, 0.5) is 0 Å². The molecule has 0 saturated carbocycles. The number of aliphatic imine (C=N–C) groups is 1. The molecule has 0 spiro atoms. The number of pyridine rings is 1. The minimum Gasteiger partial charge on any atom is -0.370 e. The highest BCUT2D eigenvalue weighted by molar-refractivity contribution is 5.90. The summed E-state index contributed by atoms with van der Waals surface area (Å²) in [5.41, 5.74) is 7.43. The van der Waals surface area contributed by atoms with E-state index in [1.165, 1.54) is 0 Å².